The molecule has 0 aliphatic heterocycles. The molecule has 1 N–H and O–H groups in total. The van der Waals surface area contributed by atoms with Crippen LogP contribution in [0, 0.1) is 10.1 Å². The molecule has 1 amide bonds. The van der Waals surface area contributed by atoms with Gasteiger partial charge >= 0.3 is 0 Å². The second-order valence-electron chi connectivity index (χ2n) is 7.19. The molecular weight excluding hydrogens is 368 g/mol. The summed E-state index contributed by atoms with van der Waals surface area (Å²) in [5.74, 6) is -0.162. The van der Waals surface area contributed by atoms with Crippen molar-refractivity contribution in [1.29, 1.82) is 0 Å². The van der Waals surface area contributed by atoms with Crippen molar-refractivity contribution in [1.82, 2.24) is 9.99 Å². The minimum absolute atomic E-state index is 0.0217. The number of aryl methyl sites for hydroxylation is 2. The van der Waals surface area contributed by atoms with E-state index in [2.05, 4.69) is 33.3 Å². The number of nitrogens with zero attached hydrogens (tertiary/aromatic N) is 3. The molecule has 0 saturated heterocycles. The largest absolute Gasteiger partial charge is 0.344 e. The first-order chi connectivity index (χ1) is 14.1. The Balaban J connectivity index is 1.39. The van der Waals surface area contributed by atoms with Gasteiger partial charge in [-0.05, 0) is 55.0 Å². The monoisotopic (exact) mass is 390 g/mol. The zero-order valence-electron chi connectivity index (χ0n) is 16.0. The van der Waals surface area contributed by atoms with E-state index in [1.54, 1.807) is 12.1 Å². The fourth-order valence-electron chi connectivity index (χ4n) is 3.97. The molecule has 0 atom stereocenters. The Morgan fingerprint density at radius 3 is 2.69 bits per heavy atom. The van der Waals surface area contributed by atoms with E-state index in [9.17, 15) is 14.9 Å². The van der Waals surface area contributed by atoms with Crippen LogP contribution in [0.2, 0.25) is 0 Å². The molecule has 1 aromatic heterocycles. The number of fused-ring (bicyclic) bond motifs is 3. The van der Waals surface area contributed by atoms with Crippen LogP contribution in [-0.4, -0.2) is 21.6 Å². The molecule has 3 aromatic rings. The molecule has 0 spiro atoms. The number of aromatic nitrogens is 1. The van der Waals surface area contributed by atoms with E-state index in [0.29, 0.717) is 18.5 Å². The third kappa shape index (κ3) is 4.03. The first-order valence-electron chi connectivity index (χ1n) is 9.79. The number of carbonyl (C=O) groups is 1. The highest BCUT2D eigenvalue weighted by atomic mass is 16.6. The van der Waals surface area contributed by atoms with Crippen molar-refractivity contribution in [3.63, 3.8) is 0 Å². The van der Waals surface area contributed by atoms with E-state index in [1.165, 1.54) is 53.3 Å². The summed E-state index contributed by atoms with van der Waals surface area (Å²) in [6.07, 6.45) is 6.39. The van der Waals surface area contributed by atoms with E-state index >= 15 is 0 Å². The lowest BCUT2D eigenvalue weighted by atomic mass is 9.95. The van der Waals surface area contributed by atoms with Gasteiger partial charge in [-0.15, -0.1) is 0 Å². The van der Waals surface area contributed by atoms with Crippen molar-refractivity contribution < 1.29 is 9.72 Å². The number of para-hydroxylation sites is 1. The van der Waals surface area contributed by atoms with Gasteiger partial charge in [-0.2, -0.15) is 5.10 Å². The summed E-state index contributed by atoms with van der Waals surface area (Å²) < 4.78 is 2.28. The van der Waals surface area contributed by atoms with Crippen molar-refractivity contribution in [2.75, 3.05) is 0 Å². The molecule has 1 aliphatic carbocycles. The van der Waals surface area contributed by atoms with E-state index in [4.69, 9.17) is 0 Å². The SMILES string of the molecule is O=C(CCn1c2c(c3ccccc31)CCCC2)N/N=C/c1ccc([N+](=O)[O-])cc1. The van der Waals surface area contributed by atoms with Gasteiger partial charge < -0.3 is 4.57 Å². The highest BCUT2D eigenvalue weighted by molar-refractivity contribution is 5.86. The van der Waals surface area contributed by atoms with Crippen LogP contribution in [0.3, 0.4) is 0 Å². The maximum Gasteiger partial charge on any atom is 0.269 e. The third-order valence-electron chi connectivity index (χ3n) is 5.35. The minimum atomic E-state index is -0.452. The standard InChI is InChI=1S/C22H22N4O3/c27-22(24-23-15-16-9-11-17(12-10-16)26(28)29)13-14-25-20-7-3-1-5-18(20)19-6-2-4-8-21(19)25/h1,3,5,7,9-12,15H,2,4,6,8,13-14H2,(H,24,27)/b23-15+. The molecule has 0 unspecified atom stereocenters. The third-order valence-corrected chi connectivity index (χ3v) is 5.35. The Kier molecular flexibility index (Phi) is 5.37. The summed E-state index contributed by atoms with van der Waals surface area (Å²) in [7, 11) is 0. The number of hydrazone groups is 1. The van der Waals surface area contributed by atoms with Crippen LogP contribution in [0.25, 0.3) is 10.9 Å². The molecule has 0 radical (unpaired) electrons. The van der Waals surface area contributed by atoms with Crippen LogP contribution in [0.5, 0.6) is 0 Å². The van der Waals surface area contributed by atoms with E-state index in [-0.39, 0.29) is 11.6 Å². The van der Waals surface area contributed by atoms with Gasteiger partial charge in [0.1, 0.15) is 0 Å². The van der Waals surface area contributed by atoms with Crippen molar-refractivity contribution in [3.8, 4) is 0 Å². The fourth-order valence-corrected chi connectivity index (χ4v) is 3.97. The molecule has 148 valence electrons. The van der Waals surface area contributed by atoms with Crippen molar-refractivity contribution in [3.05, 3.63) is 75.5 Å². The summed E-state index contributed by atoms with van der Waals surface area (Å²) in [6, 6.07) is 14.4. The number of benzene rings is 2. The number of nitro benzene ring substituents is 1. The van der Waals surface area contributed by atoms with Crippen molar-refractivity contribution in [2.24, 2.45) is 5.10 Å². The van der Waals surface area contributed by atoms with Gasteiger partial charge in [0.05, 0.1) is 11.1 Å². The summed E-state index contributed by atoms with van der Waals surface area (Å²) in [5.41, 5.74) is 7.24. The highest BCUT2D eigenvalue weighted by Gasteiger charge is 2.19. The first-order valence-corrected chi connectivity index (χ1v) is 9.79. The summed E-state index contributed by atoms with van der Waals surface area (Å²) in [5, 5.41) is 15.9. The van der Waals surface area contributed by atoms with Gasteiger partial charge in [-0.25, -0.2) is 5.43 Å². The average molecular weight is 390 g/mol. The Labute approximate surface area is 168 Å². The molecule has 1 aliphatic rings. The molecule has 7 heteroatoms. The number of nitro groups is 1. The van der Waals surface area contributed by atoms with Crippen LogP contribution in [0.15, 0.2) is 53.6 Å². The maximum absolute atomic E-state index is 12.2. The van der Waals surface area contributed by atoms with Crippen LogP contribution in [0.4, 0.5) is 5.69 Å². The predicted octanol–water partition coefficient (Wildman–Crippen LogP) is 3.97. The van der Waals surface area contributed by atoms with Gasteiger partial charge in [-0.1, -0.05) is 18.2 Å². The number of hydrogen-bond acceptors (Lipinski definition) is 4. The molecule has 0 fully saturated rings. The molecule has 4 rings (SSSR count). The lowest BCUT2D eigenvalue weighted by Gasteiger charge is -2.15. The van der Waals surface area contributed by atoms with E-state index in [1.807, 2.05) is 6.07 Å². The Hall–Kier alpha value is -3.48. The number of nitrogens with one attached hydrogen (secondary N) is 1. The van der Waals surface area contributed by atoms with Gasteiger partial charge in [-0.3, -0.25) is 14.9 Å². The topological polar surface area (TPSA) is 89.5 Å². The Bertz CT molecular complexity index is 1080. The average Bonchev–Trinajstić information content (AvgIpc) is 3.06. The summed E-state index contributed by atoms with van der Waals surface area (Å²) >= 11 is 0. The molecule has 29 heavy (non-hydrogen) atoms. The van der Waals surface area contributed by atoms with Crippen LogP contribution >= 0.6 is 0 Å². The maximum atomic E-state index is 12.2. The Morgan fingerprint density at radius 2 is 1.90 bits per heavy atom. The van der Waals surface area contributed by atoms with Gasteiger partial charge in [0.25, 0.3) is 5.69 Å². The number of carbonyl (C=O) groups excluding carboxylic acids is 1. The zero-order chi connectivity index (χ0) is 20.2. The van der Waals surface area contributed by atoms with Crippen LogP contribution in [-0.2, 0) is 24.2 Å². The van der Waals surface area contributed by atoms with E-state index in [0.717, 1.165) is 12.8 Å². The molecule has 0 saturated carbocycles. The first kappa shape index (κ1) is 18.9. The normalized spacial score (nSPS) is 13.5. The van der Waals surface area contributed by atoms with Crippen LogP contribution < -0.4 is 5.43 Å². The second kappa shape index (κ2) is 8.26. The molecule has 7 nitrogen and oxygen atoms in total. The minimum Gasteiger partial charge on any atom is -0.344 e. The van der Waals surface area contributed by atoms with Gasteiger partial charge in [0.15, 0.2) is 0 Å². The lowest BCUT2D eigenvalue weighted by Crippen LogP contribution is -2.20. The quantitative estimate of drug-likeness (QED) is 0.392. The highest BCUT2D eigenvalue weighted by Crippen LogP contribution is 2.32. The number of non-ortho nitro benzene ring substituents is 1. The molecular formula is C22H22N4O3. The Morgan fingerprint density at radius 1 is 1.14 bits per heavy atom. The van der Waals surface area contributed by atoms with Crippen molar-refractivity contribution >= 4 is 28.7 Å². The van der Waals surface area contributed by atoms with Gasteiger partial charge in [0.2, 0.25) is 5.91 Å². The van der Waals surface area contributed by atoms with E-state index < -0.39 is 4.92 Å². The molecule has 2 aromatic carbocycles. The molecule has 0 bridgehead atoms. The number of hydrogen-bond donors (Lipinski definition) is 1. The van der Waals surface area contributed by atoms with Crippen LogP contribution in [0.1, 0.15) is 36.1 Å². The second-order valence-corrected chi connectivity index (χ2v) is 7.19. The van der Waals surface area contributed by atoms with Crippen molar-refractivity contribution in [2.45, 2.75) is 38.6 Å². The smallest absolute Gasteiger partial charge is 0.269 e. The fraction of sp³-hybridized carbons (Fsp3) is 0.273. The number of amides is 1. The zero-order valence-corrected chi connectivity index (χ0v) is 16.0. The predicted molar refractivity (Wildman–Crippen MR) is 112 cm³/mol. The van der Waals surface area contributed by atoms with Gasteiger partial charge in [0, 0.05) is 41.7 Å². The number of rotatable bonds is 6. The summed E-state index contributed by atoms with van der Waals surface area (Å²) in [4.78, 5) is 22.5. The molecule has 1 heterocycles. The lowest BCUT2D eigenvalue weighted by molar-refractivity contribution is -0.384. The summed E-state index contributed by atoms with van der Waals surface area (Å²) in [6.45, 7) is 0.620.